The number of nitrogens with zero attached hydrogens (tertiary/aromatic N) is 4. The minimum atomic E-state index is -5.08. The number of piperidine rings is 1. The Kier molecular flexibility index (Phi) is 14.4. The lowest BCUT2D eigenvalue weighted by Gasteiger charge is -2.39. The monoisotopic (exact) mass is 678 g/mol. The second-order valence-electron chi connectivity index (χ2n) is 9.70. The Hall–Kier alpha value is -4.49. The third-order valence-corrected chi connectivity index (χ3v) is 6.24. The topological polar surface area (TPSA) is 161 Å². The molecule has 2 aromatic heterocycles. The Bertz CT molecular complexity index is 1240. The summed E-state index contributed by atoms with van der Waals surface area (Å²) in [5, 5.41) is 21.4. The largest absolute Gasteiger partial charge is 0.490 e. The first kappa shape index (κ1) is 39.5. The highest BCUT2D eigenvalue weighted by atomic mass is 19.4. The molecule has 2 aromatic rings. The summed E-state index contributed by atoms with van der Waals surface area (Å²) in [5.41, 5.74) is 2.19. The van der Waals surface area contributed by atoms with E-state index in [1.807, 2.05) is 35.6 Å². The highest BCUT2D eigenvalue weighted by Crippen LogP contribution is 2.41. The average Bonchev–Trinajstić information content (AvgIpc) is 3.23. The number of carbonyl (C=O) groups is 4. The molecule has 1 spiro atoms. The molecule has 4 rings (SSSR count). The van der Waals surface area contributed by atoms with Gasteiger partial charge in [0.2, 0.25) is 5.91 Å². The number of alkyl halides is 9. The summed E-state index contributed by atoms with van der Waals surface area (Å²) in [6.07, 6.45) is -4.86. The molecule has 3 N–H and O–H groups in total. The third-order valence-electron chi connectivity index (χ3n) is 6.24. The summed E-state index contributed by atoms with van der Waals surface area (Å²) in [6, 6.07) is 8.10. The van der Waals surface area contributed by atoms with E-state index in [0.29, 0.717) is 12.5 Å². The van der Waals surface area contributed by atoms with Crippen LogP contribution in [0.2, 0.25) is 0 Å². The van der Waals surface area contributed by atoms with Gasteiger partial charge in [-0.25, -0.2) is 14.4 Å². The van der Waals surface area contributed by atoms with Crippen molar-refractivity contribution in [3.8, 4) is 0 Å². The van der Waals surface area contributed by atoms with E-state index < -0.39 is 36.4 Å². The zero-order valence-electron chi connectivity index (χ0n) is 23.4. The van der Waals surface area contributed by atoms with Crippen LogP contribution in [0.3, 0.4) is 0 Å². The number of carbonyl (C=O) groups excluding carboxylic acids is 1. The van der Waals surface area contributed by atoms with Gasteiger partial charge < -0.3 is 20.2 Å². The number of amides is 1. The molecule has 1 unspecified atom stereocenters. The molecule has 2 aliphatic heterocycles. The predicted molar refractivity (Wildman–Crippen MR) is 137 cm³/mol. The van der Waals surface area contributed by atoms with Crippen LogP contribution in [0.4, 0.5) is 39.5 Å². The van der Waals surface area contributed by atoms with Crippen LogP contribution in [0, 0.1) is 5.41 Å². The Morgan fingerprint density at radius 3 is 1.65 bits per heavy atom. The van der Waals surface area contributed by atoms with E-state index in [-0.39, 0.29) is 5.41 Å². The number of aliphatic carboxylic acids is 3. The van der Waals surface area contributed by atoms with Gasteiger partial charge in [-0.3, -0.25) is 19.7 Å². The van der Waals surface area contributed by atoms with Crippen LogP contribution >= 0.6 is 0 Å². The fraction of sp³-hybridized carbons (Fsp3) is 0.462. The van der Waals surface area contributed by atoms with Crippen molar-refractivity contribution in [1.29, 1.82) is 0 Å². The van der Waals surface area contributed by atoms with Gasteiger partial charge in [0.15, 0.2) is 0 Å². The second-order valence-corrected chi connectivity index (χ2v) is 9.70. The van der Waals surface area contributed by atoms with E-state index in [1.54, 1.807) is 6.20 Å². The van der Waals surface area contributed by atoms with Crippen molar-refractivity contribution in [3.63, 3.8) is 0 Å². The molecule has 20 heteroatoms. The van der Waals surface area contributed by atoms with Gasteiger partial charge in [0.25, 0.3) is 0 Å². The second kappa shape index (κ2) is 16.7. The minimum Gasteiger partial charge on any atom is -0.475 e. The fourth-order valence-electron chi connectivity index (χ4n) is 4.24. The quantitative estimate of drug-likeness (QED) is 0.396. The first-order valence-corrected chi connectivity index (χ1v) is 12.8. The van der Waals surface area contributed by atoms with Gasteiger partial charge in [-0.1, -0.05) is 6.07 Å². The number of hydrogen-bond donors (Lipinski definition) is 3. The molecule has 46 heavy (non-hydrogen) atoms. The number of halogens is 9. The molecular formula is C26H27F9N4O7. The van der Waals surface area contributed by atoms with Crippen LogP contribution in [0.25, 0.3) is 0 Å². The zero-order chi connectivity index (χ0) is 35.3. The summed E-state index contributed by atoms with van der Waals surface area (Å²) in [7, 11) is 0. The standard InChI is InChI=1S/C20H24N4O.3C2HF3O2/c25-19-20(7-12-24(19)15-18-3-1-8-22-13-18)6-2-11-23(16-20)14-17-4-9-21-10-5-17;3*3-2(4,5)1(6)7/h1,3-5,8-10,13H,2,6-7,11-12,14-16H2;3*(H,6,7). The number of hydrogen-bond acceptors (Lipinski definition) is 7. The maximum atomic E-state index is 13.2. The number of carboxylic acids is 3. The molecule has 256 valence electrons. The Labute approximate surface area is 254 Å². The van der Waals surface area contributed by atoms with Crippen molar-refractivity contribution in [2.75, 3.05) is 19.6 Å². The summed E-state index contributed by atoms with van der Waals surface area (Å²) >= 11 is 0. The summed E-state index contributed by atoms with van der Waals surface area (Å²) < 4.78 is 95.2. The summed E-state index contributed by atoms with van der Waals surface area (Å²) in [5.74, 6) is -7.94. The Balaban J connectivity index is 0.000000413. The Morgan fingerprint density at radius 1 is 0.717 bits per heavy atom. The van der Waals surface area contributed by atoms with Crippen molar-refractivity contribution >= 4 is 23.8 Å². The maximum Gasteiger partial charge on any atom is 0.490 e. The summed E-state index contributed by atoms with van der Waals surface area (Å²) in [4.78, 5) is 52.5. The van der Waals surface area contributed by atoms with Gasteiger partial charge in [-0.2, -0.15) is 39.5 Å². The van der Waals surface area contributed by atoms with E-state index in [0.717, 1.165) is 51.0 Å². The van der Waals surface area contributed by atoms with E-state index >= 15 is 0 Å². The first-order chi connectivity index (χ1) is 21.1. The highest BCUT2D eigenvalue weighted by molar-refractivity contribution is 5.85. The number of likely N-dealkylation sites (tertiary alicyclic amines) is 2. The maximum absolute atomic E-state index is 13.2. The summed E-state index contributed by atoms with van der Waals surface area (Å²) in [6.45, 7) is 4.38. The van der Waals surface area contributed by atoms with Crippen LogP contribution in [0.15, 0.2) is 49.1 Å². The highest BCUT2D eigenvalue weighted by Gasteiger charge is 2.48. The normalized spacial score (nSPS) is 18.3. The smallest absolute Gasteiger partial charge is 0.475 e. The zero-order valence-corrected chi connectivity index (χ0v) is 23.4. The van der Waals surface area contributed by atoms with Crippen LogP contribution in [0.1, 0.15) is 30.4 Å². The molecule has 0 bridgehead atoms. The lowest BCUT2D eigenvalue weighted by Crippen LogP contribution is -2.47. The van der Waals surface area contributed by atoms with Crippen LogP contribution in [-0.2, 0) is 32.3 Å². The lowest BCUT2D eigenvalue weighted by atomic mass is 9.78. The molecule has 0 saturated carbocycles. The van der Waals surface area contributed by atoms with E-state index in [1.165, 1.54) is 5.56 Å². The van der Waals surface area contributed by atoms with Crippen molar-refractivity contribution in [2.24, 2.45) is 5.41 Å². The van der Waals surface area contributed by atoms with E-state index in [9.17, 15) is 44.3 Å². The molecule has 0 radical (unpaired) electrons. The van der Waals surface area contributed by atoms with Gasteiger partial charge in [0, 0.05) is 51.0 Å². The van der Waals surface area contributed by atoms with E-state index in [4.69, 9.17) is 29.7 Å². The lowest BCUT2D eigenvalue weighted by molar-refractivity contribution is -0.193. The molecule has 1 atom stereocenters. The van der Waals surface area contributed by atoms with Crippen LogP contribution in [-0.4, -0.2) is 97.1 Å². The Morgan fingerprint density at radius 2 is 1.22 bits per heavy atom. The van der Waals surface area contributed by atoms with Crippen LogP contribution in [0.5, 0.6) is 0 Å². The molecule has 0 aliphatic carbocycles. The van der Waals surface area contributed by atoms with Crippen LogP contribution < -0.4 is 0 Å². The number of aromatic nitrogens is 2. The van der Waals surface area contributed by atoms with Gasteiger partial charge in [-0.15, -0.1) is 0 Å². The average molecular weight is 679 g/mol. The van der Waals surface area contributed by atoms with Gasteiger partial charge in [-0.05, 0) is 55.1 Å². The molecular weight excluding hydrogens is 651 g/mol. The molecule has 11 nitrogen and oxygen atoms in total. The molecule has 1 amide bonds. The minimum absolute atomic E-state index is 0.187. The van der Waals surface area contributed by atoms with Crippen molar-refractivity contribution in [1.82, 2.24) is 19.8 Å². The molecule has 0 aromatic carbocycles. The molecule has 2 aliphatic rings. The van der Waals surface area contributed by atoms with Gasteiger partial charge in [0.05, 0.1) is 5.41 Å². The SMILES string of the molecule is O=C(O)C(F)(F)F.O=C(O)C(F)(F)F.O=C(O)C(F)(F)F.O=C1N(Cc2cccnc2)CCC12CCCN(Cc1ccncc1)C2. The number of rotatable bonds is 4. The van der Waals surface area contributed by atoms with Gasteiger partial charge in [0.1, 0.15) is 0 Å². The first-order valence-electron chi connectivity index (χ1n) is 12.8. The fourth-order valence-corrected chi connectivity index (χ4v) is 4.24. The van der Waals surface area contributed by atoms with Crippen molar-refractivity contribution in [3.05, 3.63) is 60.2 Å². The predicted octanol–water partition coefficient (Wildman–Crippen LogP) is 4.39. The van der Waals surface area contributed by atoms with Crippen molar-refractivity contribution in [2.45, 2.75) is 50.9 Å². The molecule has 2 fully saturated rings. The number of carboxylic acid groups (broad SMARTS) is 3. The van der Waals surface area contributed by atoms with Gasteiger partial charge >= 0.3 is 36.4 Å². The molecule has 4 heterocycles. The van der Waals surface area contributed by atoms with E-state index in [2.05, 4.69) is 27.0 Å². The molecule has 2 saturated heterocycles. The van der Waals surface area contributed by atoms with Crippen molar-refractivity contribution < 1.29 is 74.0 Å². The number of pyridine rings is 2. The third kappa shape index (κ3) is 13.7.